The first-order chi connectivity index (χ1) is 6.83. The molecule has 0 heterocycles. The summed E-state index contributed by atoms with van der Waals surface area (Å²) in [5, 5.41) is 0. The molecule has 1 aromatic rings. The summed E-state index contributed by atoms with van der Waals surface area (Å²) in [7, 11) is 0. The lowest BCUT2D eigenvalue weighted by Gasteiger charge is -2.02. The largest absolute Gasteiger partial charge is 0.373 e. The average Bonchev–Trinajstić information content (AvgIpc) is 2.18. The first kappa shape index (κ1) is 11.0. The second-order valence-corrected chi connectivity index (χ2v) is 3.21. The molecule has 2 nitrogen and oxygen atoms in total. The number of hydrogen-bond acceptors (Lipinski definition) is 2. The highest BCUT2D eigenvalue weighted by Crippen LogP contribution is 2.04. The van der Waals surface area contributed by atoms with Gasteiger partial charge in [-0.2, -0.15) is 0 Å². The van der Waals surface area contributed by atoms with Gasteiger partial charge in [0.15, 0.2) is 0 Å². The van der Waals surface area contributed by atoms with Crippen LogP contribution in [0.4, 0.5) is 0 Å². The van der Waals surface area contributed by atoms with Crippen LogP contribution in [0.5, 0.6) is 0 Å². The number of ether oxygens (including phenoxy) is 1. The Morgan fingerprint density at radius 2 is 2.21 bits per heavy atom. The Balaban J connectivity index is 2.28. The molecule has 1 rings (SSSR count). The number of nitrogens with two attached hydrogens (primary N) is 1. The Kier molecular flexibility index (Phi) is 4.97. The van der Waals surface area contributed by atoms with Gasteiger partial charge < -0.3 is 10.5 Å². The summed E-state index contributed by atoms with van der Waals surface area (Å²) in [4.78, 5) is 0. The van der Waals surface area contributed by atoms with Crippen LogP contribution >= 0.6 is 0 Å². The van der Waals surface area contributed by atoms with Gasteiger partial charge >= 0.3 is 0 Å². The van der Waals surface area contributed by atoms with E-state index < -0.39 is 0 Å². The van der Waals surface area contributed by atoms with Crippen molar-refractivity contribution in [2.45, 2.75) is 13.5 Å². The molecule has 14 heavy (non-hydrogen) atoms. The Morgan fingerprint density at radius 3 is 2.93 bits per heavy atom. The molecule has 0 aliphatic carbocycles. The van der Waals surface area contributed by atoms with Crippen molar-refractivity contribution < 1.29 is 4.74 Å². The molecule has 0 radical (unpaired) electrons. The number of benzene rings is 1. The van der Waals surface area contributed by atoms with E-state index in [-0.39, 0.29) is 0 Å². The van der Waals surface area contributed by atoms with E-state index in [1.54, 1.807) is 0 Å². The van der Waals surface area contributed by atoms with Gasteiger partial charge in [-0.15, -0.1) is 0 Å². The fourth-order valence-corrected chi connectivity index (χ4v) is 1.21. The quantitative estimate of drug-likeness (QED) is 0.571. The lowest BCUT2D eigenvalue weighted by atomic mass is 10.1. The third-order valence-electron chi connectivity index (χ3n) is 1.87. The number of hydrogen-bond donors (Lipinski definition) is 1. The lowest BCUT2D eigenvalue weighted by molar-refractivity contribution is 0.148. The molecule has 0 saturated heterocycles. The van der Waals surface area contributed by atoms with Crippen molar-refractivity contribution in [2.24, 2.45) is 5.73 Å². The number of rotatable bonds is 5. The van der Waals surface area contributed by atoms with Crippen LogP contribution in [-0.4, -0.2) is 13.2 Å². The second kappa shape index (κ2) is 6.35. The van der Waals surface area contributed by atoms with Crippen LogP contribution in [0.2, 0.25) is 0 Å². The maximum absolute atomic E-state index is 5.43. The predicted octanol–water partition coefficient (Wildman–Crippen LogP) is 2.03. The maximum atomic E-state index is 5.43. The van der Waals surface area contributed by atoms with Crippen LogP contribution in [-0.2, 0) is 11.3 Å². The van der Waals surface area contributed by atoms with Crippen molar-refractivity contribution in [3.8, 4) is 0 Å². The molecule has 1 aromatic carbocycles. The molecule has 0 aliphatic rings. The summed E-state index contributed by atoms with van der Waals surface area (Å²) in [5.74, 6) is 0. The van der Waals surface area contributed by atoms with Crippen molar-refractivity contribution in [1.29, 1.82) is 0 Å². The van der Waals surface area contributed by atoms with Gasteiger partial charge in [-0.05, 0) is 12.5 Å². The van der Waals surface area contributed by atoms with Gasteiger partial charge in [0.05, 0.1) is 13.2 Å². The van der Waals surface area contributed by atoms with Gasteiger partial charge in [-0.1, -0.05) is 42.0 Å². The van der Waals surface area contributed by atoms with Crippen molar-refractivity contribution in [3.05, 3.63) is 47.5 Å². The minimum absolute atomic E-state index is 0.577. The highest BCUT2D eigenvalue weighted by Gasteiger charge is 1.91. The lowest BCUT2D eigenvalue weighted by Crippen LogP contribution is -1.96. The molecule has 76 valence electrons. The van der Waals surface area contributed by atoms with Gasteiger partial charge in [-0.25, -0.2) is 0 Å². The molecule has 0 atom stereocenters. The molecule has 0 unspecified atom stereocenters. The van der Waals surface area contributed by atoms with Crippen molar-refractivity contribution in [1.82, 2.24) is 0 Å². The van der Waals surface area contributed by atoms with Crippen molar-refractivity contribution in [2.75, 3.05) is 13.2 Å². The Bertz CT molecular complexity index is 294. The zero-order chi connectivity index (χ0) is 10.2. The van der Waals surface area contributed by atoms with Gasteiger partial charge in [0.1, 0.15) is 0 Å². The van der Waals surface area contributed by atoms with E-state index in [9.17, 15) is 0 Å². The Hall–Kier alpha value is -1.12. The fourth-order valence-electron chi connectivity index (χ4n) is 1.21. The minimum Gasteiger partial charge on any atom is -0.373 e. The van der Waals surface area contributed by atoms with E-state index in [2.05, 4.69) is 25.1 Å². The molecule has 0 aliphatic heterocycles. The molecule has 0 aromatic heterocycles. The van der Waals surface area contributed by atoms with E-state index in [1.165, 1.54) is 11.1 Å². The second-order valence-electron chi connectivity index (χ2n) is 3.21. The predicted molar refractivity (Wildman–Crippen MR) is 59.0 cm³/mol. The third-order valence-corrected chi connectivity index (χ3v) is 1.87. The van der Waals surface area contributed by atoms with Crippen LogP contribution in [0.25, 0.3) is 0 Å². The van der Waals surface area contributed by atoms with Crippen molar-refractivity contribution >= 4 is 0 Å². The third kappa shape index (κ3) is 4.21. The molecule has 2 heteroatoms. The summed E-state index contributed by atoms with van der Waals surface area (Å²) in [6, 6.07) is 8.33. The summed E-state index contributed by atoms with van der Waals surface area (Å²) >= 11 is 0. The van der Waals surface area contributed by atoms with E-state index in [1.807, 2.05) is 18.2 Å². The average molecular weight is 191 g/mol. The monoisotopic (exact) mass is 191 g/mol. The van der Waals surface area contributed by atoms with Gasteiger partial charge in [0, 0.05) is 6.54 Å². The summed E-state index contributed by atoms with van der Waals surface area (Å²) in [5.41, 5.74) is 7.78. The molecular formula is C12H17NO. The van der Waals surface area contributed by atoms with Crippen LogP contribution < -0.4 is 5.73 Å². The summed E-state index contributed by atoms with van der Waals surface area (Å²) < 4.78 is 5.43. The van der Waals surface area contributed by atoms with Gasteiger partial charge in [-0.3, -0.25) is 0 Å². The van der Waals surface area contributed by atoms with E-state index in [0.29, 0.717) is 19.8 Å². The number of aryl methyl sites for hydroxylation is 1. The molecule has 0 bridgehead atoms. The van der Waals surface area contributed by atoms with E-state index in [4.69, 9.17) is 10.5 Å². The van der Waals surface area contributed by atoms with Crippen molar-refractivity contribution in [3.63, 3.8) is 0 Å². The molecule has 0 amide bonds. The van der Waals surface area contributed by atoms with Crippen LogP contribution in [0, 0.1) is 6.92 Å². The Morgan fingerprint density at radius 1 is 1.36 bits per heavy atom. The molecule has 2 N–H and O–H groups in total. The summed E-state index contributed by atoms with van der Waals surface area (Å²) in [6.07, 6.45) is 3.84. The Labute approximate surface area is 85.4 Å². The maximum Gasteiger partial charge on any atom is 0.0721 e. The first-order valence-electron chi connectivity index (χ1n) is 4.81. The van der Waals surface area contributed by atoms with Crippen LogP contribution in [0.3, 0.4) is 0 Å². The van der Waals surface area contributed by atoms with E-state index >= 15 is 0 Å². The van der Waals surface area contributed by atoms with Gasteiger partial charge in [0.2, 0.25) is 0 Å². The molecule has 0 saturated carbocycles. The summed E-state index contributed by atoms with van der Waals surface area (Å²) in [6.45, 7) is 3.95. The SMILES string of the molecule is Cc1cccc(COC/C=C\CN)c1. The van der Waals surface area contributed by atoms with Crippen LogP contribution in [0.1, 0.15) is 11.1 Å². The molecule has 0 fully saturated rings. The zero-order valence-electron chi connectivity index (χ0n) is 8.57. The molecule has 0 spiro atoms. The minimum atomic E-state index is 0.577. The normalized spacial score (nSPS) is 11.0. The van der Waals surface area contributed by atoms with Gasteiger partial charge in [0.25, 0.3) is 0 Å². The van der Waals surface area contributed by atoms with E-state index in [0.717, 1.165) is 0 Å². The first-order valence-corrected chi connectivity index (χ1v) is 4.81. The smallest absolute Gasteiger partial charge is 0.0721 e. The molecular weight excluding hydrogens is 174 g/mol. The topological polar surface area (TPSA) is 35.2 Å². The van der Waals surface area contributed by atoms with Crippen LogP contribution in [0.15, 0.2) is 36.4 Å². The highest BCUT2D eigenvalue weighted by molar-refractivity contribution is 5.21. The zero-order valence-corrected chi connectivity index (χ0v) is 8.57. The standard InChI is InChI=1S/C12H17NO/c1-11-5-4-6-12(9-11)10-14-8-3-2-7-13/h2-6,9H,7-8,10,13H2,1H3/b3-2-. The highest BCUT2D eigenvalue weighted by atomic mass is 16.5. The fraction of sp³-hybridized carbons (Fsp3) is 0.333.